The van der Waals surface area contributed by atoms with Crippen LogP contribution in [0.5, 0.6) is 0 Å². The van der Waals surface area contributed by atoms with E-state index in [4.69, 9.17) is 0 Å². The minimum Gasteiger partial charge on any atom is -0.341 e. The van der Waals surface area contributed by atoms with Crippen LogP contribution in [0.4, 0.5) is 28.4 Å². The monoisotopic (exact) mass is 842 g/mol. The molecule has 10 aromatic rings. The predicted octanol–water partition coefficient (Wildman–Crippen LogP) is 16.6. The second-order valence-corrected chi connectivity index (χ2v) is 18.0. The van der Waals surface area contributed by atoms with Crippen molar-refractivity contribution in [3.05, 3.63) is 268 Å². The van der Waals surface area contributed by atoms with E-state index in [9.17, 15) is 0 Å². The van der Waals surface area contributed by atoms with Crippen molar-refractivity contribution in [2.45, 2.75) is 18.3 Å². The summed E-state index contributed by atoms with van der Waals surface area (Å²) in [5.41, 5.74) is 19.6. The third-order valence-electron chi connectivity index (χ3n) is 14.3. The summed E-state index contributed by atoms with van der Waals surface area (Å²) in [6, 6.07) is 81.3. The van der Waals surface area contributed by atoms with Crippen LogP contribution in [-0.2, 0) is 11.8 Å². The first-order valence-corrected chi connectivity index (χ1v) is 23.3. The molecule has 0 fully saturated rings. The summed E-state index contributed by atoms with van der Waals surface area (Å²) in [5, 5.41) is 4.97. The first-order chi connectivity index (χ1) is 32.7. The van der Waals surface area contributed by atoms with Crippen LogP contribution in [0.1, 0.15) is 56.5 Å². The van der Waals surface area contributed by atoms with Gasteiger partial charge in [0.25, 0.3) is 0 Å². The van der Waals surface area contributed by atoms with Crippen LogP contribution in [0, 0.1) is 0 Å². The summed E-state index contributed by atoms with van der Waals surface area (Å²) >= 11 is 0. The highest BCUT2D eigenvalue weighted by atomic mass is 15.2. The Morgan fingerprint density at radius 2 is 0.939 bits per heavy atom. The molecule has 2 nitrogen and oxygen atoms in total. The van der Waals surface area contributed by atoms with Crippen molar-refractivity contribution < 1.29 is 0 Å². The smallest absolute Gasteiger partial charge is 0.0714 e. The summed E-state index contributed by atoms with van der Waals surface area (Å²) < 4.78 is 0. The standard InChI is InChI=1S/C64H46N2/c1-3-18-51(19-4-1)64(52-20-5-2-6-21-52)59-41-45(28-36-57(59)58-38-33-53(43-60(58)64)65-39-13-17-46-14-7-10-22-61(46)65)26-25-44-27-35-55-49(40-44)31-32-50-42-54(34-37-56(50)55)66-62-23-11-8-15-47(62)29-30-48-16-9-12-24-63(48)66/h1-12,14-16,18-38,40-43H,13,17,39H2/b26-25+. The third kappa shape index (κ3) is 6.10. The molecule has 0 atom stereocenters. The van der Waals surface area contributed by atoms with Gasteiger partial charge >= 0.3 is 0 Å². The molecule has 10 aromatic carbocycles. The van der Waals surface area contributed by atoms with Crippen LogP contribution in [-0.4, -0.2) is 6.54 Å². The molecule has 1 aliphatic carbocycles. The molecule has 2 aliphatic heterocycles. The molecule has 2 heterocycles. The zero-order chi connectivity index (χ0) is 43.6. The number of benzene rings is 10. The van der Waals surface area contributed by atoms with E-state index in [0.29, 0.717) is 0 Å². The molecule has 0 bridgehead atoms. The summed E-state index contributed by atoms with van der Waals surface area (Å²) in [7, 11) is 0. The summed E-state index contributed by atoms with van der Waals surface area (Å²) in [6.07, 6.45) is 11.3. The van der Waals surface area contributed by atoms with Crippen LogP contribution in [0.3, 0.4) is 0 Å². The van der Waals surface area contributed by atoms with Gasteiger partial charge in [0.1, 0.15) is 0 Å². The largest absolute Gasteiger partial charge is 0.341 e. The number of rotatable bonds is 6. The summed E-state index contributed by atoms with van der Waals surface area (Å²) in [5.74, 6) is 0. The van der Waals surface area contributed by atoms with Crippen molar-refractivity contribution in [3.63, 3.8) is 0 Å². The fraction of sp³-hybridized carbons (Fsp3) is 0.0625. The molecular formula is C64H46N2. The van der Waals surface area contributed by atoms with E-state index in [1.54, 1.807) is 0 Å². The molecule has 13 rings (SSSR count). The number of aryl methyl sites for hydroxylation is 1. The normalized spacial score (nSPS) is 14.4. The van der Waals surface area contributed by atoms with Crippen molar-refractivity contribution in [1.82, 2.24) is 0 Å². The van der Waals surface area contributed by atoms with E-state index in [2.05, 4.69) is 252 Å². The third-order valence-corrected chi connectivity index (χ3v) is 14.3. The SMILES string of the molecule is C1=Cc2ccccc2N(c2ccc3c(ccc4cc(/C=C/c5ccc6c(c5)C(c5ccccc5)(c5ccccc5)c5cc(N7CCCc8ccccc87)ccc5-6)ccc43)c2)c2ccccc21. The average Bonchev–Trinajstić information content (AvgIpc) is 3.56. The van der Waals surface area contributed by atoms with Gasteiger partial charge in [-0.15, -0.1) is 0 Å². The molecule has 0 aromatic heterocycles. The lowest BCUT2D eigenvalue weighted by atomic mass is 9.67. The van der Waals surface area contributed by atoms with Crippen LogP contribution in [0.15, 0.2) is 218 Å². The van der Waals surface area contributed by atoms with Crippen molar-refractivity contribution in [3.8, 4) is 11.1 Å². The molecule has 2 heteroatoms. The Morgan fingerprint density at radius 1 is 0.409 bits per heavy atom. The molecule has 0 spiro atoms. The average molecular weight is 843 g/mol. The van der Waals surface area contributed by atoms with Gasteiger partial charge in [0.15, 0.2) is 0 Å². The van der Waals surface area contributed by atoms with Gasteiger partial charge < -0.3 is 9.80 Å². The van der Waals surface area contributed by atoms with Gasteiger partial charge in [-0.1, -0.05) is 188 Å². The Balaban J connectivity index is 0.879. The van der Waals surface area contributed by atoms with E-state index in [1.807, 2.05) is 0 Å². The van der Waals surface area contributed by atoms with Crippen molar-refractivity contribution in [2.24, 2.45) is 0 Å². The molecule has 0 radical (unpaired) electrons. The molecule has 0 saturated heterocycles. The predicted molar refractivity (Wildman–Crippen MR) is 280 cm³/mol. The quantitative estimate of drug-likeness (QED) is 0.122. The number of para-hydroxylation sites is 3. The van der Waals surface area contributed by atoms with Gasteiger partial charge in [-0.3, -0.25) is 0 Å². The maximum absolute atomic E-state index is 2.54. The molecule has 0 N–H and O–H groups in total. The molecular weight excluding hydrogens is 797 g/mol. The molecule has 312 valence electrons. The number of anilines is 5. The lowest BCUT2D eigenvalue weighted by Gasteiger charge is -2.36. The van der Waals surface area contributed by atoms with E-state index in [1.165, 1.54) is 105 Å². The lowest BCUT2D eigenvalue weighted by Crippen LogP contribution is -2.29. The Labute approximate surface area is 386 Å². The van der Waals surface area contributed by atoms with Gasteiger partial charge in [-0.05, 0) is 150 Å². The molecule has 3 aliphatic rings. The van der Waals surface area contributed by atoms with Crippen LogP contribution in [0.25, 0.3) is 57.0 Å². The van der Waals surface area contributed by atoms with Gasteiger partial charge in [-0.25, -0.2) is 0 Å². The van der Waals surface area contributed by atoms with E-state index in [0.717, 1.165) is 25.1 Å². The van der Waals surface area contributed by atoms with Crippen LogP contribution >= 0.6 is 0 Å². The number of fused-ring (bicyclic) bond motifs is 9. The van der Waals surface area contributed by atoms with E-state index in [-0.39, 0.29) is 0 Å². The minimum absolute atomic E-state index is 0.497. The summed E-state index contributed by atoms with van der Waals surface area (Å²) in [6.45, 7) is 1.01. The van der Waals surface area contributed by atoms with E-state index >= 15 is 0 Å². The molecule has 66 heavy (non-hydrogen) atoms. The highest BCUT2D eigenvalue weighted by Gasteiger charge is 2.46. The highest BCUT2D eigenvalue weighted by molar-refractivity contribution is 6.09. The van der Waals surface area contributed by atoms with Crippen molar-refractivity contribution in [1.29, 1.82) is 0 Å². The fourth-order valence-electron chi connectivity index (χ4n) is 11.3. The second kappa shape index (κ2) is 15.5. The maximum atomic E-state index is 2.54. The molecule has 0 amide bonds. The van der Waals surface area contributed by atoms with E-state index < -0.39 is 5.41 Å². The van der Waals surface area contributed by atoms with Gasteiger partial charge in [-0.2, -0.15) is 0 Å². The fourth-order valence-corrected chi connectivity index (χ4v) is 11.3. The Hall–Kier alpha value is -8.20. The first kappa shape index (κ1) is 38.3. The minimum atomic E-state index is -0.497. The van der Waals surface area contributed by atoms with Crippen LogP contribution < -0.4 is 9.80 Å². The zero-order valence-electron chi connectivity index (χ0n) is 36.6. The number of hydrogen-bond donors (Lipinski definition) is 0. The van der Waals surface area contributed by atoms with Crippen molar-refractivity contribution >= 4 is 74.3 Å². The number of hydrogen-bond acceptors (Lipinski definition) is 2. The topological polar surface area (TPSA) is 6.48 Å². The Bertz CT molecular complexity index is 3490. The molecule has 0 unspecified atom stereocenters. The van der Waals surface area contributed by atoms with Crippen LogP contribution in [0.2, 0.25) is 0 Å². The molecule has 0 saturated carbocycles. The first-order valence-electron chi connectivity index (χ1n) is 23.3. The summed E-state index contributed by atoms with van der Waals surface area (Å²) in [4.78, 5) is 4.93. The van der Waals surface area contributed by atoms with Gasteiger partial charge in [0.05, 0.1) is 16.8 Å². The lowest BCUT2D eigenvalue weighted by molar-refractivity contribution is 0.756. The Kier molecular flexibility index (Phi) is 8.99. The van der Waals surface area contributed by atoms with Gasteiger partial charge in [0, 0.05) is 23.6 Å². The number of nitrogens with zero attached hydrogens (tertiary/aromatic N) is 2. The van der Waals surface area contributed by atoms with Gasteiger partial charge in [0.2, 0.25) is 0 Å². The Morgan fingerprint density at radius 3 is 1.64 bits per heavy atom. The maximum Gasteiger partial charge on any atom is 0.0714 e. The highest BCUT2D eigenvalue weighted by Crippen LogP contribution is 2.57. The zero-order valence-corrected chi connectivity index (χ0v) is 36.6. The second-order valence-electron chi connectivity index (χ2n) is 18.0. The van der Waals surface area contributed by atoms with Crippen molar-refractivity contribution in [2.75, 3.05) is 16.3 Å².